The Bertz CT molecular complexity index is 838. The number of carbonyl (C=O) groups is 1. The Kier molecular flexibility index (Phi) is 6.63. The maximum atomic E-state index is 12.9. The Labute approximate surface area is 155 Å². The number of benzene rings is 2. The molecule has 0 unspecified atom stereocenters. The highest BCUT2D eigenvalue weighted by Gasteiger charge is 2.26. The molecule has 1 amide bonds. The molecule has 140 valence electrons. The minimum Gasteiger partial charge on any atom is -0.492 e. The Morgan fingerprint density at radius 1 is 1.00 bits per heavy atom. The third kappa shape index (κ3) is 4.76. The number of amides is 1. The summed E-state index contributed by atoms with van der Waals surface area (Å²) in [5.74, 6) is 0.117. The minimum atomic E-state index is -3.67. The largest absolute Gasteiger partial charge is 0.492 e. The van der Waals surface area contributed by atoms with Gasteiger partial charge in [0.1, 0.15) is 12.3 Å². The van der Waals surface area contributed by atoms with Crippen LogP contribution in [0.2, 0.25) is 0 Å². The van der Waals surface area contributed by atoms with Crippen molar-refractivity contribution in [1.82, 2.24) is 0 Å². The van der Waals surface area contributed by atoms with Crippen LogP contribution in [0.1, 0.15) is 13.8 Å². The summed E-state index contributed by atoms with van der Waals surface area (Å²) in [5.41, 5.74) is 1.08. The maximum Gasteiger partial charge on any atom is 0.247 e. The van der Waals surface area contributed by atoms with Gasteiger partial charge in [-0.3, -0.25) is 9.10 Å². The second-order valence-electron chi connectivity index (χ2n) is 5.64. The molecule has 0 fully saturated rings. The molecule has 0 N–H and O–H groups in total. The van der Waals surface area contributed by atoms with Gasteiger partial charge in [-0.2, -0.15) is 0 Å². The molecule has 0 spiro atoms. The summed E-state index contributed by atoms with van der Waals surface area (Å²) in [6, 6.07) is 16.0. The number of likely N-dealkylation sites (N-methyl/N-ethyl adjacent to an activating group) is 1. The first-order valence-corrected chi connectivity index (χ1v) is 10.3. The van der Waals surface area contributed by atoms with Crippen molar-refractivity contribution in [3.63, 3.8) is 0 Å². The van der Waals surface area contributed by atoms with E-state index in [1.165, 1.54) is 0 Å². The highest BCUT2D eigenvalue weighted by Crippen LogP contribution is 2.30. The summed E-state index contributed by atoms with van der Waals surface area (Å²) in [6.45, 7) is 4.21. The van der Waals surface area contributed by atoms with E-state index >= 15 is 0 Å². The molecular weight excluding hydrogens is 352 g/mol. The van der Waals surface area contributed by atoms with E-state index in [-0.39, 0.29) is 12.5 Å². The summed E-state index contributed by atoms with van der Waals surface area (Å²) in [6.07, 6.45) is 1.09. The van der Waals surface area contributed by atoms with Crippen molar-refractivity contribution in [2.45, 2.75) is 13.8 Å². The standard InChI is InChI=1S/C19H24N2O4S/c1-4-20(16-11-7-6-8-12-16)19(22)15-21(26(3,23)24)17-13-9-10-14-18(17)25-5-2/h6-14H,4-5,15H2,1-3H3. The van der Waals surface area contributed by atoms with Gasteiger partial charge < -0.3 is 9.64 Å². The van der Waals surface area contributed by atoms with Gasteiger partial charge in [0.15, 0.2) is 0 Å². The van der Waals surface area contributed by atoms with Crippen LogP contribution in [0.25, 0.3) is 0 Å². The molecule has 0 radical (unpaired) electrons. The van der Waals surface area contributed by atoms with Crippen molar-refractivity contribution in [3.8, 4) is 5.75 Å². The van der Waals surface area contributed by atoms with E-state index in [9.17, 15) is 13.2 Å². The molecule has 0 saturated carbocycles. The van der Waals surface area contributed by atoms with Gasteiger partial charge in [0.25, 0.3) is 0 Å². The number of para-hydroxylation sites is 3. The molecule has 0 heterocycles. The zero-order valence-corrected chi connectivity index (χ0v) is 16.1. The first-order valence-electron chi connectivity index (χ1n) is 8.43. The van der Waals surface area contributed by atoms with E-state index in [1.807, 2.05) is 44.2 Å². The van der Waals surface area contributed by atoms with Gasteiger partial charge in [-0.25, -0.2) is 8.42 Å². The number of anilines is 2. The van der Waals surface area contributed by atoms with Gasteiger partial charge in [-0.1, -0.05) is 30.3 Å². The number of carbonyl (C=O) groups excluding carboxylic acids is 1. The van der Waals surface area contributed by atoms with E-state index < -0.39 is 10.0 Å². The van der Waals surface area contributed by atoms with E-state index in [0.717, 1.165) is 16.2 Å². The molecule has 0 aliphatic heterocycles. The van der Waals surface area contributed by atoms with E-state index in [4.69, 9.17) is 4.74 Å². The molecule has 2 rings (SSSR count). The van der Waals surface area contributed by atoms with Crippen LogP contribution in [0.5, 0.6) is 5.75 Å². The molecule has 0 aliphatic rings. The fourth-order valence-electron chi connectivity index (χ4n) is 2.64. The van der Waals surface area contributed by atoms with Gasteiger partial charge in [0, 0.05) is 12.2 Å². The smallest absolute Gasteiger partial charge is 0.247 e. The Hall–Kier alpha value is -2.54. The highest BCUT2D eigenvalue weighted by atomic mass is 32.2. The molecule has 0 atom stereocenters. The lowest BCUT2D eigenvalue weighted by Crippen LogP contribution is -2.43. The van der Waals surface area contributed by atoms with Crippen LogP contribution in [-0.2, 0) is 14.8 Å². The van der Waals surface area contributed by atoms with Crippen LogP contribution < -0.4 is 13.9 Å². The van der Waals surface area contributed by atoms with Gasteiger partial charge in [-0.15, -0.1) is 0 Å². The predicted molar refractivity (Wildman–Crippen MR) is 104 cm³/mol. The van der Waals surface area contributed by atoms with E-state index in [2.05, 4.69) is 0 Å². The van der Waals surface area contributed by atoms with Crippen molar-refractivity contribution in [2.24, 2.45) is 0 Å². The van der Waals surface area contributed by atoms with Crippen LogP contribution in [0.4, 0.5) is 11.4 Å². The minimum absolute atomic E-state index is 0.300. The number of ether oxygens (including phenoxy) is 1. The summed E-state index contributed by atoms with van der Waals surface area (Å²) in [5, 5.41) is 0. The highest BCUT2D eigenvalue weighted by molar-refractivity contribution is 7.92. The van der Waals surface area contributed by atoms with Gasteiger partial charge in [0.05, 0.1) is 18.6 Å². The molecule has 0 bridgehead atoms. The van der Waals surface area contributed by atoms with Gasteiger partial charge >= 0.3 is 0 Å². The van der Waals surface area contributed by atoms with Crippen molar-refractivity contribution in [2.75, 3.05) is 35.2 Å². The maximum absolute atomic E-state index is 12.9. The van der Waals surface area contributed by atoms with Crippen molar-refractivity contribution in [3.05, 3.63) is 54.6 Å². The summed E-state index contributed by atoms with van der Waals surface area (Å²) in [7, 11) is -3.67. The SMILES string of the molecule is CCOc1ccccc1N(CC(=O)N(CC)c1ccccc1)S(C)(=O)=O. The van der Waals surface area contributed by atoms with Crippen LogP contribution in [0, 0.1) is 0 Å². The van der Waals surface area contributed by atoms with E-state index in [0.29, 0.717) is 24.6 Å². The molecule has 7 heteroatoms. The van der Waals surface area contributed by atoms with Crippen LogP contribution in [-0.4, -0.2) is 40.3 Å². The Balaban J connectivity index is 2.36. The first-order chi connectivity index (χ1) is 12.4. The lowest BCUT2D eigenvalue weighted by atomic mass is 10.2. The fourth-order valence-corrected chi connectivity index (χ4v) is 3.49. The Morgan fingerprint density at radius 2 is 1.62 bits per heavy atom. The molecule has 2 aromatic carbocycles. The van der Waals surface area contributed by atoms with E-state index in [1.54, 1.807) is 29.2 Å². The average molecular weight is 376 g/mol. The van der Waals surface area contributed by atoms with Gasteiger partial charge in [-0.05, 0) is 38.1 Å². The van der Waals surface area contributed by atoms with Crippen LogP contribution in [0.3, 0.4) is 0 Å². The summed E-state index contributed by atoms with van der Waals surface area (Å²) in [4.78, 5) is 14.4. The number of hydrogen-bond donors (Lipinski definition) is 0. The van der Waals surface area contributed by atoms with Gasteiger partial charge in [0.2, 0.25) is 15.9 Å². The van der Waals surface area contributed by atoms with Crippen molar-refractivity contribution < 1.29 is 17.9 Å². The monoisotopic (exact) mass is 376 g/mol. The second kappa shape index (κ2) is 8.71. The molecule has 2 aromatic rings. The summed E-state index contributed by atoms with van der Waals surface area (Å²) >= 11 is 0. The summed E-state index contributed by atoms with van der Waals surface area (Å²) < 4.78 is 31.4. The lowest BCUT2D eigenvalue weighted by molar-refractivity contribution is -0.117. The third-order valence-electron chi connectivity index (χ3n) is 3.80. The number of nitrogens with zero attached hydrogens (tertiary/aromatic N) is 2. The number of sulfonamides is 1. The number of hydrogen-bond acceptors (Lipinski definition) is 4. The van der Waals surface area contributed by atoms with Crippen LogP contribution in [0.15, 0.2) is 54.6 Å². The first kappa shape index (κ1) is 19.8. The van der Waals surface area contributed by atoms with Crippen molar-refractivity contribution >= 4 is 27.3 Å². The molecule has 0 aromatic heterocycles. The third-order valence-corrected chi connectivity index (χ3v) is 4.92. The van der Waals surface area contributed by atoms with Crippen molar-refractivity contribution in [1.29, 1.82) is 0 Å². The number of rotatable bonds is 8. The topological polar surface area (TPSA) is 66.9 Å². The van der Waals surface area contributed by atoms with Crippen LogP contribution >= 0.6 is 0 Å². The predicted octanol–water partition coefficient (Wildman–Crippen LogP) is 2.90. The Morgan fingerprint density at radius 3 is 2.19 bits per heavy atom. The molecule has 26 heavy (non-hydrogen) atoms. The molecular formula is C19H24N2O4S. The second-order valence-corrected chi connectivity index (χ2v) is 7.55. The average Bonchev–Trinajstić information content (AvgIpc) is 2.61. The zero-order chi connectivity index (χ0) is 19.2. The zero-order valence-electron chi connectivity index (χ0n) is 15.3. The lowest BCUT2D eigenvalue weighted by Gasteiger charge is -2.28. The molecule has 6 nitrogen and oxygen atoms in total. The molecule has 0 saturated heterocycles. The molecule has 0 aliphatic carbocycles. The normalized spacial score (nSPS) is 11.0. The fraction of sp³-hybridized carbons (Fsp3) is 0.316. The quantitative estimate of drug-likeness (QED) is 0.710.